The predicted octanol–water partition coefficient (Wildman–Crippen LogP) is 5.49. The highest BCUT2D eigenvalue weighted by Crippen LogP contribution is 2.80. The van der Waals surface area contributed by atoms with Crippen molar-refractivity contribution in [3.63, 3.8) is 0 Å². The van der Waals surface area contributed by atoms with Gasteiger partial charge in [0.05, 0.1) is 17.4 Å². The molecule has 5 aliphatic carbocycles. The topological polar surface area (TPSA) is 55.1 Å². The molecule has 5 fully saturated rings. The first-order valence-electron chi connectivity index (χ1n) is 12.8. The molecule has 1 aromatic heterocycles. The number of carbonyl (C=O) groups excluding carboxylic acids is 1. The molecule has 4 nitrogen and oxygen atoms in total. The number of alkyl halides is 3. The van der Waals surface area contributed by atoms with Crippen molar-refractivity contribution >= 4 is 5.78 Å². The van der Waals surface area contributed by atoms with Gasteiger partial charge in [-0.3, -0.25) is 9.48 Å². The Labute approximate surface area is 193 Å². The van der Waals surface area contributed by atoms with Gasteiger partial charge in [0, 0.05) is 11.6 Å². The summed E-state index contributed by atoms with van der Waals surface area (Å²) < 4.78 is 40.1. The third kappa shape index (κ3) is 3.13. The zero-order chi connectivity index (χ0) is 23.4. The first-order chi connectivity index (χ1) is 15.4. The molecule has 7 heteroatoms. The number of Topliss-reactive ketones (excluding diaryl/α,β-unsaturated/α-hetero) is 1. The van der Waals surface area contributed by atoms with Crippen LogP contribution in [0.5, 0.6) is 0 Å². The van der Waals surface area contributed by atoms with Gasteiger partial charge < -0.3 is 5.11 Å². The second kappa shape index (κ2) is 6.86. The average Bonchev–Trinajstić information content (AvgIpc) is 3.16. The Morgan fingerprint density at radius 3 is 2.61 bits per heavy atom. The van der Waals surface area contributed by atoms with Gasteiger partial charge in [-0.15, -0.1) is 0 Å². The molecule has 33 heavy (non-hydrogen) atoms. The van der Waals surface area contributed by atoms with E-state index in [0.717, 1.165) is 57.3 Å². The maximum absolute atomic E-state index is 13.6. The summed E-state index contributed by atoms with van der Waals surface area (Å²) in [6.07, 6.45) is 6.90. The smallest absolute Gasteiger partial charge is 0.390 e. The van der Waals surface area contributed by atoms with Gasteiger partial charge in [-0.2, -0.15) is 18.3 Å². The van der Waals surface area contributed by atoms with Crippen molar-refractivity contribution in [3.8, 4) is 0 Å². The predicted molar refractivity (Wildman–Crippen MR) is 116 cm³/mol. The van der Waals surface area contributed by atoms with Gasteiger partial charge in [0.2, 0.25) is 0 Å². The highest BCUT2D eigenvalue weighted by molar-refractivity contribution is 5.89. The average molecular weight is 465 g/mol. The summed E-state index contributed by atoms with van der Waals surface area (Å²) in [6.45, 7) is 4.26. The third-order valence-electron chi connectivity index (χ3n) is 11.1. The number of fused-ring (bicyclic) bond motifs is 7. The summed E-state index contributed by atoms with van der Waals surface area (Å²) in [5.41, 5.74) is -1.70. The summed E-state index contributed by atoms with van der Waals surface area (Å²) in [5, 5.41) is 14.4. The summed E-state index contributed by atoms with van der Waals surface area (Å²) >= 11 is 0. The van der Waals surface area contributed by atoms with Crippen molar-refractivity contribution in [2.45, 2.75) is 90.0 Å². The molecule has 1 N–H and O–H groups in total. The molecule has 0 amide bonds. The fourth-order valence-electron chi connectivity index (χ4n) is 9.56. The highest BCUT2D eigenvalue weighted by atomic mass is 19.4. The quantitative estimate of drug-likeness (QED) is 0.644. The van der Waals surface area contributed by atoms with Crippen LogP contribution in [0.1, 0.15) is 77.2 Å². The Hall–Kier alpha value is -1.37. The van der Waals surface area contributed by atoms with Gasteiger partial charge in [0.1, 0.15) is 6.54 Å². The maximum Gasteiger partial charge on any atom is 0.419 e. The Morgan fingerprint density at radius 2 is 1.88 bits per heavy atom. The molecule has 5 aliphatic rings. The van der Waals surface area contributed by atoms with E-state index in [2.05, 4.69) is 12.0 Å². The van der Waals surface area contributed by atoms with E-state index < -0.39 is 17.3 Å². The van der Waals surface area contributed by atoms with Crippen molar-refractivity contribution in [2.75, 3.05) is 0 Å². The first-order valence-corrected chi connectivity index (χ1v) is 12.8. The van der Waals surface area contributed by atoms with Crippen molar-refractivity contribution in [1.29, 1.82) is 0 Å². The Kier molecular flexibility index (Phi) is 4.59. The summed E-state index contributed by atoms with van der Waals surface area (Å²) in [7, 11) is 0. The highest BCUT2D eigenvalue weighted by Gasteiger charge is 2.77. The zero-order valence-electron chi connectivity index (χ0n) is 19.6. The molecule has 1 heterocycles. The van der Waals surface area contributed by atoms with Crippen molar-refractivity contribution < 1.29 is 23.1 Å². The second-order valence-corrected chi connectivity index (χ2v) is 12.6. The van der Waals surface area contributed by atoms with E-state index >= 15 is 0 Å². The molecule has 0 aliphatic heterocycles. The number of aliphatic hydroxyl groups is 1. The summed E-state index contributed by atoms with van der Waals surface area (Å²) in [5.74, 6) is 3.74. The molecule has 9 atom stereocenters. The maximum atomic E-state index is 13.6. The number of halogens is 3. The van der Waals surface area contributed by atoms with Crippen LogP contribution in [0.3, 0.4) is 0 Å². The van der Waals surface area contributed by atoms with Crippen LogP contribution in [0.15, 0.2) is 12.4 Å². The van der Waals surface area contributed by atoms with E-state index in [0.29, 0.717) is 35.5 Å². The number of aromatic nitrogens is 2. The lowest BCUT2D eigenvalue weighted by Gasteiger charge is -2.57. The van der Waals surface area contributed by atoms with Gasteiger partial charge in [0.15, 0.2) is 5.78 Å². The monoisotopic (exact) mass is 464 g/mol. The molecule has 182 valence electrons. The molecule has 6 rings (SSSR count). The third-order valence-corrected chi connectivity index (χ3v) is 11.1. The molecule has 0 spiro atoms. The summed E-state index contributed by atoms with van der Waals surface area (Å²) in [6, 6.07) is 0. The van der Waals surface area contributed by atoms with Crippen LogP contribution < -0.4 is 0 Å². The number of carbonyl (C=O) groups is 1. The van der Waals surface area contributed by atoms with Crippen LogP contribution >= 0.6 is 0 Å². The van der Waals surface area contributed by atoms with E-state index in [1.54, 1.807) is 0 Å². The molecule has 5 saturated carbocycles. The van der Waals surface area contributed by atoms with Crippen molar-refractivity contribution in [1.82, 2.24) is 9.78 Å². The van der Waals surface area contributed by atoms with Crippen molar-refractivity contribution in [3.05, 3.63) is 18.0 Å². The van der Waals surface area contributed by atoms with E-state index in [9.17, 15) is 23.1 Å². The largest absolute Gasteiger partial charge is 0.419 e. The van der Waals surface area contributed by atoms with Crippen LogP contribution in [0.4, 0.5) is 13.2 Å². The van der Waals surface area contributed by atoms with E-state index in [1.165, 1.54) is 17.5 Å². The lowest BCUT2D eigenvalue weighted by atomic mass is 9.47. The number of rotatable bonds is 3. The van der Waals surface area contributed by atoms with Crippen LogP contribution in [0.25, 0.3) is 0 Å². The Balaban J connectivity index is 1.21. The van der Waals surface area contributed by atoms with Gasteiger partial charge in [-0.1, -0.05) is 6.92 Å². The fourth-order valence-corrected chi connectivity index (χ4v) is 9.56. The summed E-state index contributed by atoms with van der Waals surface area (Å²) in [4.78, 5) is 13.6. The fraction of sp³-hybridized carbons (Fsp3) is 0.846. The number of nitrogens with zero attached hydrogens (tertiary/aromatic N) is 2. The molecule has 0 bridgehead atoms. The molecular weight excluding hydrogens is 429 g/mol. The number of hydrogen-bond donors (Lipinski definition) is 1. The lowest BCUT2D eigenvalue weighted by Crippen LogP contribution is -2.52. The second-order valence-electron chi connectivity index (χ2n) is 12.6. The standard InChI is InChI=1S/C26H35F3N2O2/c1-23(33)7-5-18-15(10-23)3-4-20-19(18)6-8-24(2)21(20)9-16-11-25(16,24)22(32)14-31-13-17(12-30-31)26(27,28)29/h12-13,15-16,18-21,33H,3-11,14H2,1-2H3/t15-,16?,18+,19-,20-,21+,23-,24+,25-/m1/s1. The SMILES string of the molecule is C[C@@]1(O)CC[C@H]2[C@H](CC[C@@H]3[C@@H]2CC[C@@]2(C)[C@H]3CC3C[C@]32C(=O)Cn2cc(C(F)(F)F)cn2)C1. The van der Waals surface area contributed by atoms with E-state index in [4.69, 9.17) is 0 Å². The Bertz CT molecular complexity index is 971. The van der Waals surface area contributed by atoms with Crippen LogP contribution in [0, 0.1) is 46.3 Å². The Morgan fingerprint density at radius 1 is 1.12 bits per heavy atom. The van der Waals surface area contributed by atoms with Crippen LogP contribution in [-0.2, 0) is 17.5 Å². The zero-order valence-corrected chi connectivity index (χ0v) is 19.6. The normalized spacial score (nSPS) is 48.4. The first kappa shape index (κ1) is 22.1. The minimum absolute atomic E-state index is 0.0388. The number of ketones is 1. The number of hydrogen-bond acceptors (Lipinski definition) is 3. The molecular formula is C26H35F3N2O2. The molecule has 1 aromatic rings. The molecule has 0 radical (unpaired) electrons. The van der Waals surface area contributed by atoms with Gasteiger partial charge in [-0.05, 0) is 106 Å². The van der Waals surface area contributed by atoms with E-state index in [1.807, 2.05) is 6.92 Å². The molecule has 1 unspecified atom stereocenters. The van der Waals surface area contributed by atoms with Gasteiger partial charge in [0.25, 0.3) is 0 Å². The van der Waals surface area contributed by atoms with E-state index in [-0.39, 0.29) is 23.2 Å². The van der Waals surface area contributed by atoms with Crippen molar-refractivity contribution in [2.24, 2.45) is 46.3 Å². The minimum atomic E-state index is -4.43. The molecule has 0 aromatic carbocycles. The minimum Gasteiger partial charge on any atom is -0.390 e. The molecule has 0 saturated heterocycles. The van der Waals surface area contributed by atoms with Crippen LogP contribution in [-0.4, -0.2) is 26.3 Å². The van der Waals surface area contributed by atoms with Gasteiger partial charge in [-0.25, -0.2) is 0 Å². The van der Waals surface area contributed by atoms with Crippen LogP contribution in [0.2, 0.25) is 0 Å². The van der Waals surface area contributed by atoms with Gasteiger partial charge >= 0.3 is 6.18 Å². The lowest BCUT2D eigenvalue weighted by molar-refractivity contribution is -0.140.